The van der Waals surface area contributed by atoms with Crippen LogP contribution in [0.25, 0.3) is 0 Å². The Balaban J connectivity index is 2.06. The van der Waals surface area contributed by atoms with E-state index in [0.29, 0.717) is 15.9 Å². The smallest absolute Gasteiger partial charge is 0.258 e. The van der Waals surface area contributed by atoms with Gasteiger partial charge in [-0.05, 0) is 30.3 Å². The van der Waals surface area contributed by atoms with E-state index in [9.17, 15) is 17.6 Å². The fourth-order valence-corrected chi connectivity index (χ4v) is 2.59. The summed E-state index contributed by atoms with van der Waals surface area (Å²) in [6, 6.07) is 10.5. The van der Waals surface area contributed by atoms with Gasteiger partial charge in [0.25, 0.3) is 5.91 Å². The largest absolute Gasteiger partial charge is 0.492 e. The first-order chi connectivity index (χ1) is 11.2. The molecule has 5 nitrogen and oxygen atoms in total. The van der Waals surface area contributed by atoms with Crippen LogP contribution in [0.4, 0.5) is 10.1 Å². The fourth-order valence-electron chi connectivity index (χ4n) is 1.84. The number of amides is 1. The highest BCUT2D eigenvalue weighted by molar-refractivity contribution is 9.10. The third-order valence-corrected chi connectivity index (χ3v) is 4.39. The molecule has 8 heteroatoms. The highest BCUT2D eigenvalue weighted by atomic mass is 79.9. The van der Waals surface area contributed by atoms with Crippen LogP contribution in [0.15, 0.2) is 46.9 Å². The van der Waals surface area contributed by atoms with Crippen LogP contribution in [0, 0.1) is 5.82 Å². The number of halogens is 2. The summed E-state index contributed by atoms with van der Waals surface area (Å²) in [5, 5.41) is 2.58. The molecule has 0 bridgehead atoms. The van der Waals surface area contributed by atoms with Crippen molar-refractivity contribution in [2.75, 3.05) is 23.9 Å². The molecule has 1 amide bonds. The third-order valence-electron chi connectivity index (χ3n) is 2.99. The summed E-state index contributed by atoms with van der Waals surface area (Å²) in [4.78, 5) is 12.2. The van der Waals surface area contributed by atoms with Crippen molar-refractivity contribution >= 4 is 37.4 Å². The minimum Gasteiger partial charge on any atom is -0.492 e. The van der Waals surface area contributed by atoms with E-state index in [0.717, 1.165) is 6.26 Å². The van der Waals surface area contributed by atoms with E-state index in [1.54, 1.807) is 18.2 Å². The standard InChI is InChI=1S/C16H15BrFNO4S/c1-24(21,22)8-7-23-13-4-2-3-12(10-13)19-16(20)14-9-11(17)5-6-15(14)18/h2-6,9-10H,7-8H2,1H3,(H,19,20). The summed E-state index contributed by atoms with van der Waals surface area (Å²) in [6.07, 6.45) is 1.12. The summed E-state index contributed by atoms with van der Waals surface area (Å²) in [5.74, 6) is -0.920. The molecule has 0 aliphatic rings. The Morgan fingerprint density at radius 3 is 2.71 bits per heavy atom. The second-order valence-corrected chi connectivity index (χ2v) is 8.26. The van der Waals surface area contributed by atoms with Gasteiger partial charge >= 0.3 is 0 Å². The van der Waals surface area contributed by atoms with Crippen LogP contribution >= 0.6 is 15.9 Å². The fraction of sp³-hybridized carbons (Fsp3) is 0.188. The first-order valence-corrected chi connectivity index (χ1v) is 9.77. The van der Waals surface area contributed by atoms with Gasteiger partial charge in [0.1, 0.15) is 18.2 Å². The van der Waals surface area contributed by atoms with Gasteiger partial charge in [0.2, 0.25) is 0 Å². The molecule has 0 saturated carbocycles. The van der Waals surface area contributed by atoms with Crippen LogP contribution in [-0.4, -0.2) is 32.9 Å². The van der Waals surface area contributed by atoms with Crippen LogP contribution < -0.4 is 10.1 Å². The van der Waals surface area contributed by atoms with Crippen LogP contribution in [0.5, 0.6) is 5.75 Å². The Morgan fingerprint density at radius 2 is 2.00 bits per heavy atom. The minimum absolute atomic E-state index is 0.0104. The predicted molar refractivity (Wildman–Crippen MR) is 93.7 cm³/mol. The summed E-state index contributed by atoms with van der Waals surface area (Å²) in [5.41, 5.74) is 0.323. The maximum absolute atomic E-state index is 13.7. The number of rotatable bonds is 6. The lowest BCUT2D eigenvalue weighted by Crippen LogP contribution is -2.14. The quantitative estimate of drug-likeness (QED) is 0.785. The second kappa shape index (κ2) is 7.76. The van der Waals surface area contributed by atoms with Crippen LogP contribution in [0.2, 0.25) is 0 Å². The van der Waals surface area contributed by atoms with Gasteiger partial charge < -0.3 is 10.1 Å². The predicted octanol–water partition coefficient (Wildman–Crippen LogP) is 3.26. The Hall–Kier alpha value is -1.93. The van der Waals surface area contributed by atoms with Gasteiger partial charge in [-0.25, -0.2) is 12.8 Å². The third kappa shape index (κ3) is 5.61. The zero-order chi connectivity index (χ0) is 17.7. The maximum atomic E-state index is 13.7. The average Bonchev–Trinajstić information content (AvgIpc) is 2.49. The number of benzene rings is 2. The Kier molecular flexibility index (Phi) is 5.95. The molecule has 0 spiro atoms. The van der Waals surface area contributed by atoms with Crippen LogP contribution in [0.3, 0.4) is 0 Å². The first-order valence-electron chi connectivity index (χ1n) is 6.91. The van der Waals surface area contributed by atoms with Crippen molar-refractivity contribution < 1.29 is 22.3 Å². The first kappa shape index (κ1) is 18.4. The van der Waals surface area contributed by atoms with Crippen molar-refractivity contribution in [2.45, 2.75) is 0 Å². The molecule has 0 unspecified atom stereocenters. The molecule has 0 aliphatic carbocycles. The Morgan fingerprint density at radius 1 is 1.25 bits per heavy atom. The lowest BCUT2D eigenvalue weighted by Gasteiger charge is -2.09. The molecule has 0 aliphatic heterocycles. The Bertz CT molecular complexity index is 855. The van der Waals surface area contributed by atoms with Crippen molar-refractivity contribution in [3.63, 3.8) is 0 Å². The zero-order valence-electron chi connectivity index (χ0n) is 12.8. The monoisotopic (exact) mass is 415 g/mol. The number of carbonyl (C=O) groups excluding carboxylic acids is 1. The van der Waals surface area contributed by atoms with E-state index in [1.165, 1.54) is 24.3 Å². The number of hydrogen-bond donors (Lipinski definition) is 1. The molecule has 0 atom stereocenters. The zero-order valence-corrected chi connectivity index (χ0v) is 15.2. The van der Waals surface area contributed by atoms with Gasteiger partial charge in [0.15, 0.2) is 9.84 Å². The van der Waals surface area contributed by atoms with E-state index >= 15 is 0 Å². The number of hydrogen-bond acceptors (Lipinski definition) is 4. The van der Waals surface area contributed by atoms with E-state index < -0.39 is 21.6 Å². The molecule has 2 aromatic carbocycles. The van der Waals surface area contributed by atoms with Gasteiger partial charge in [0.05, 0.1) is 11.3 Å². The molecule has 128 valence electrons. The van der Waals surface area contributed by atoms with Crippen molar-refractivity contribution in [3.8, 4) is 5.75 Å². The molecule has 2 aromatic rings. The molecule has 0 fully saturated rings. The minimum atomic E-state index is -3.11. The molecule has 0 heterocycles. The van der Waals surface area contributed by atoms with E-state index in [-0.39, 0.29) is 17.9 Å². The molecule has 0 aromatic heterocycles. The van der Waals surface area contributed by atoms with Gasteiger partial charge in [-0.2, -0.15) is 0 Å². The number of anilines is 1. The van der Waals surface area contributed by atoms with Gasteiger partial charge in [0, 0.05) is 22.5 Å². The average molecular weight is 416 g/mol. The number of carbonyl (C=O) groups is 1. The molecular formula is C16H15BrFNO4S. The molecule has 1 N–H and O–H groups in total. The Labute approximate surface area is 147 Å². The number of nitrogens with one attached hydrogen (secondary N) is 1. The van der Waals surface area contributed by atoms with Crippen molar-refractivity contribution in [3.05, 3.63) is 58.3 Å². The number of ether oxygens (including phenoxy) is 1. The van der Waals surface area contributed by atoms with Crippen LogP contribution in [0.1, 0.15) is 10.4 Å². The van der Waals surface area contributed by atoms with E-state index in [2.05, 4.69) is 21.2 Å². The SMILES string of the molecule is CS(=O)(=O)CCOc1cccc(NC(=O)c2cc(Br)ccc2F)c1. The van der Waals surface area contributed by atoms with Crippen molar-refractivity contribution in [1.82, 2.24) is 0 Å². The van der Waals surface area contributed by atoms with Gasteiger partial charge in [-0.1, -0.05) is 22.0 Å². The normalized spacial score (nSPS) is 11.1. The topological polar surface area (TPSA) is 72.5 Å². The van der Waals surface area contributed by atoms with Crippen LogP contribution in [-0.2, 0) is 9.84 Å². The molecule has 0 radical (unpaired) electrons. The summed E-state index contributed by atoms with van der Waals surface area (Å²) in [6.45, 7) is 0.0104. The molecular weight excluding hydrogens is 401 g/mol. The highest BCUT2D eigenvalue weighted by Gasteiger charge is 2.13. The van der Waals surface area contributed by atoms with E-state index in [4.69, 9.17) is 4.74 Å². The molecule has 2 rings (SSSR count). The lowest BCUT2D eigenvalue weighted by atomic mass is 10.2. The summed E-state index contributed by atoms with van der Waals surface area (Å²) in [7, 11) is -3.11. The second-order valence-electron chi connectivity index (χ2n) is 5.08. The van der Waals surface area contributed by atoms with Gasteiger partial charge in [-0.3, -0.25) is 4.79 Å². The molecule has 24 heavy (non-hydrogen) atoms. The summed E-state index contributed by atoms with van der Waals surface area (Å²) < 4.78 is 41.8. The van der Waals surface area contributed by atoms with E-state index in [1.807, 2.05) is 0 Å². The van der Waals surface area contributed by atoms with Crippen molar-refractivity contribution in [1.29, 1.82) is 0 Å². The maximum Gasteiger partial charge on any atom is 0.258 e. The lowest BCUT2D eigenvalue weighted by molar-refractivity contribution is 0.102. The van der Waals surface area contributed by atoms with Gasteiger partial charge in [-0.15, -0.1) is 0 Å². The highest BCUT2D eigenvalue weighted by Crippen LogP contribution is 2.20. The summed E-state index contributed by atoms with van der Waals surface area (Å²) >= 11 is 3.19. The molecule has 0 saturated heterocycles. The number of sulfone groups is 1. The van der Waals surface area contributed by atoms with Crippen molar-refractivity contribution in [2.24, 2.45) is 0 Å².